The summed E-state index contributed by atoms with van der Waals surface area (Å²) < 4.78 is 16.6. The second-order valence-corrected chi connectivity index (χ2v) is 14.5. The van der Waals surface area contributed by atoms with Gasteiger partial charge in [0.25, 0.3) is 0 Å². The lowest BCUT2D eigenvalue weighted by Crippen LogP contribution is -2.59. The van der Waals surface area contributed by atoms with Gasteiger partial charge in [0.05, 0.1) is 6.04 Å². The highest BCUT2D eigenvalue weighted by atomic mass is 16.6. The number of benzene rings is 1. The Morgan fingerprint density at radius 3 is 2.35 bits per heavy atom. The molecule has 1 aromatic rings. The fraction of sp³-hybridized carbons (Fsp3) is 0.694. The minimum atomic E-state index is -1.63. The van der Waals surface area contributed by atoms with Crippen molar-refractivity contribution in [2.24, 2.45) is 11.8 Å². The third kappa shape index (κ3) is 13.8. The van der Waals surface area contributed by atoms with Crippen LogP contribution in [0.4, 0.5) is 4.79 Å². The molecule has 1 aliphatic heterocycles. The molecule has 0 aromatic heterocycles. The molecule has 4 N–H and O–H groups in total. The van der Waals surface area contributed by atoms with Crippen LogP contribution in [-0.2, 0) is 39.8 Å². The van der Waals surface area contributed by atoms with Gasteiger partial charge in [-0.2, -0.15) is 0 Å². The summed E-state index contributed by atoms with van der Waals surface area (Å²) in [6.45, 7) is 8.61. The Balaban J connectivity index is 1.87. The standard InChI is InChI=1S/C36H55N3O9/c1-23(2)19-26-17-12-18-30(40)46-22-29(33(43)37-27(31(41)34(44)47-26)20-24-13-8-6-9-14-24)38-32(42)28(21-25-15-10-7-11-16-25)39-35(45)48-36(3,4)5/h7,10-11,15-16,23-24,26-29,31,41H,6,8-9,12-14,17-22H2,1-5H3,(H,37,43)(H,38,42)(H,39,45)/t26?,27-,28-,29?,31+/m0/s1. The van der Waals surface area contributed by atoms with E-state index in [4.69, 9.17) is 14.2 Å². The summed E-state index contributed by atoms with van der Waals surface area (Å²) in [5.74, 6) is -2.45. The van der Waals surface area contributed by atoms with E-state index < -0.39 is 72.4 Å². The van der Waals surface area contributed by atoms with E-state index in [2.05, 4.69) is 16.0 Å². The van der Waals surface area contributed by atoms with Gasteiger partial charge in [-0.05, 0) is 63.9 Å². The lowest BCUT2D eigenvalue weighted by Gasteiger charge is -2.32. The summed E-state index contributed by atoms with van der Waals surface area (Å²) in [5.41, 5.74) is -0.0678. The van der Waals surface area contributed by atoms with Crippen LogP contribution >= 0.6 is 0 Å². The SMILES string of the molecule is CC(C)CC1CCCC(=O)OCC(NC(=O)[C@H](Cc2ccccc2)NC(=O)OC(C)(C)C)C(=O)N[C@@H](CC2CCCCC2)[C@@H](O)C(=O)O1. The van der Waals surface area contributed by atoms with Gasteiger partial charge in [-0.3, -0.25) is 14.4 Å². The maximum Gasteiger partial charge on any atom is 0.408 e. The van der Waals surface area contributed by atoms with Crippen LogP contribution in [0.2, 0.25) is 0 Å². The molecule has 48 heavy (non-hydrogen) atoms. The Hall–Kier alpha value is -3.67. The summed E-state index contributed by atoms with van der Waals surface area (Å²) >= 11 is 0. The summed E-state index contributed by atoms with van der Waals surface area (Å²) in [6.07, 6.45) is 3.78. The molecule has 0 bridgehead atoms. The Morgan fingerprint density at radius 1 is 1.02 bits per heavy atom. The zero-order chi connectivity index (χ0) is 35.3. The highest BCUT2D eigenvalue weighted by molar-refractivity contribution is 5.92. The Morgan fingerprint density at radius 2 is 1.71 bits per heavy atom. The van der Waals surface area contributed by atoms with Gasteiger partial charge in [-0.1, -0.05) is 76.3 Å². The van der Waals surface area contributed by atoms with E-state index in [1.54, 1.807) is 45.0 Å². The van der Waals surface area contributed by atoms with E-state index in [0.717, 1.165) is 37.7 Å². The van der Waals surface area contributed by atoms with Gasteiger partial charge in [-0.15, -0.1) is 0 Å². The quantitative estimate of drug-likeness (QED) is 0.223. The molecule has 0 spiro atoms. The fourth-order valence-corrected chi connectivity index (χ4v) is 6.17. The smallest absolute Gasteiger partial charge is 0.408 e. The molecule has 1 aliphatic carbocycles. The number of hydrogen-bond donors (Lipinski definition) is 4. The second-order valence-electron chi connectivity index (χ2n) is 14.5. The van der Waals surface area contributed by atoms with Crippen LogP contribution in [-0.4, -0.2) is 77.5 Å². The Kier molecular flexibility index (Phi) is 15.2. The molecule has 1 saturated heterocycles. The molecule has 3 amide bonds. The zero-order valence-corrected chi connectivity index (χ0v) is 29.1. The van der Waals surface area contributed by atoms with Crippen molar-refractivity contribution in [1.29, 1.82) is 0 Å². The van der Waals surface area contributed by atoms with Crippen molar-refractivity contribution in [2.45, 2.75) is 141 Å². The summed E-state index contributed by atoms with van der Waals surface area (Å²) in [4.78, 5) is 66.3. The lowest BCUT2D eigenvalue weighted by atomic mass is 9.83. The summed E-state index contributed by atoms with van der Waals surface area (Å²) in [7, 11) is 0. The first kappa shape index (κ1) is 38.8. The van der Waals surface area contributed by atoms with Crippen molar-refractivity contribution in [3.05, 3.63) is 35.9 Å². The maximum absolute atomic E-state index is 13.8. The Bertz CT molecular complexity index is 1210. The zero-order valence-electron chi connectivity index (χ0n) is 29.1. The van der Waals surface area contributed by atoms with E-state index in [0.29, 0.717) is 25.7 Å². The van der Waals surface area contributed by atoms with Gasteiger partial charge >= 0.3 is 18.0 Å². The number of esters is 2. The molecule has 12 heteroatoms. The van der Waals surface area contributed by atoms with Crippen LogP contribution in [0.3, 0.4) is 0 Å². The van der Waals surface area contributed by atoms with E-state index in [1.165, 1.54) is 0 Å². The maximum atomic E-state index is 13.8. The summed E-state index contributed by atoms with van der Waals surface area (Å²) in [6, 6.07) is 5.51. The number of aliphatic hydroxyl groups is 1. The minimum absolute atomic E-state index is 0.0120. The van der Waals surface area contributed by atoms with Crippen molar-refractivity contribution in [3.63, 3.8) is 0 Å². The van der Waals surface area contributed by atoms with Crippen LogP contribution in [0.25, 0.3) is 0 Å². The molecule has 268 valence electrons. The topological polar surface area (TPSA) is 169 Å². The van der Waals surface area contributed by atoms with Crippen molar-refractivity contribution in [1.82, 2.24) is 16.0 Å². The van der Waals surface area contributed by atoms with Gasteiger partial charge in [0.2, 0.25) is 11.8 Å². The predicted octanol–water partition coefficient (Wildman–Crippen LogP) is 4.11. The van der Waals surface area contributed by atoms with E-state index in [-0.39, 0.29) is 24.7 Å². The van der Waals surface area contributed by atoms with Crippen molar-refractivity contribution < 1.29 is 43.3 Å². The lowest BCUT2D eigenvalue weighted by molar-refractivity contribution is -0.163. The highest BCUT2D eigenvalue weighted by Crippen LogP contribution is 2.28. The summed E-state index contributed by atoms with van der Waals surface area (Å²) in [5, 5.41) is 19.3. The van der Waals surface area contributed by atoms with Crippen LogP contribution < -0.4 is 16.0 Å². The average molecular weight is 674 g/mol. The van der Waals surface area contributed by atoms with Gasteiger partial charge < -0.3 is 35.3 Å². The normalized spacial score (nSPS) is 24.4. The van der Waals surface area contributed by atoms with Crippen LogP contribution in [0, 0.1) is 11.8 Å². The first-order valence-corrected chi connectivity index (χ1v) is 17.4. The Labute approximate surface area is 284 Å². The van der Waals surface area contributed by atoms with Crippen molar-refractivity contribution in [2.75, 3.05) is 6.61 Å². The molecule has 3 rings (SSSR count). The van der Waals surface area contributed by atoms with Gasteiger partial charge in [0.15, 0.2) is 6.10 Å². The van der Waals surface area contributed by atoms with E-state index in [1.807, 2.05) is 19.9 Å². The minimum Gasteiger partial charge on any atom is -0.463 e. The van der Waals surface area contributed by atoms with Gasteiger partial charge in [0.1, 0.15) is 30.4 Å². The number of cyclic esters (lactones) is 2. The number of ether oxygens (including phenoxy) is 3. The van der Waals surface area contributed by atoms with E-state index >= 15 is 0 Å². The predicted molar refractivity (Wildman–Crippen MR) is 179 cm³/mol. The molecule has 1 heterocycles. The average Bonchev–Trinajstić information content (AvgIpc) is 3.01. The number of alkyl carbamates (subject to hydrolysis) is 1. The molecule has 2 fully saturated rings. The number of carbonyl (C=O) groups excluding carboxylic acids is 5. The van der Waals surface area contributed by atoms with Crippen LogP contribution in [0.1, 0.15) is 104 Å². The third-order valence-corrected chi connectivity index (χ3v) is 8.52. The molecule has 2 aliphatic rings. The number of hydrogen-bond acceptors (Lipinski definition) is 9. The van der Waals surface area contributed by atoms with E-state index in [9.17, 15) is 29.1 Å². The molecule has 1 aromatic carbocycles. The molecule has 2 unspecified atom stereocenters. The number of rotatable bonds is 9. The number of carbonyl (C=O) groups is 5. The fourth-order valence-electron chi connectivity index (χ4n) is 6.17. The number of amides is 3. The first-order valence-electron chi connectivity index (χ1n) is 17.4. The molecule has 5 atom stereocenters. The third-order valence-electron chi connectivity index (χ3n) is 8.52. The van der Waals surface area contributed by atoms with Gasteiger partial charge in [-0.25, -0.2) is 9.59 Å². The second kappa shape index (κ2) is 18.8. The monoisotopic (exact) mass is 673 g/mol. The first-order chi connectivity index (χ1) is 22.7. The van der Waals surface area contributed by atoms with Crippen molar-refractivity contribution in [3.8, 4) is 0 Å². The number of aliphatic hydroxyl groups excluding tert-OH is 1. The molecule has 1 saturated carbocycles. The largest absolute Gasteiger partial charge is 0.463 e. The van der Waals surface area contributed by atoms with Gasteiger partial charge in [0, 0.05) is 12.8 Å². The van der Waals surface area contributed by atoms with Crippen LogP contribution in [0.15, 0.2) is 30.3 Å². The molecular formula is C36H55N3O9. The molecule has 0 radical (unpaired) electrons. The number of nitrogens with one attached hydrogen (secondary N) is 3. The van der Waals surface area contributed by atoms with Crippen LogP contribution in [0.5, 0.6) is 0 Å². The highest BCUT2D eigenvalue weighted by Gasteiger charge is 2.36. The van der Waals surface area contributed by atoms with Crippen molar-refractivity contribution >= 4 is 29.8 Å². The molecular weight excluding hydrogens is 618 g/mol. The molecule has 12 nitrogen and oxygen atoms in total.